The van der Waals surface area contributed by atoms with Gasteiger partial charge in [0.05, 0.1) is 12.8 Å². The average Bonchev–Trinajstić information content (AvgIpc) is 3.40. The summed E-state index contributed by atoms with van der Waals surface area (Å²) >= 11 is 1.62. The number of aromatic nitrogens is 1. The molecule has 0 N–H and O–H groups in total. The first kappa shape index (κ1) is 18.8. The predicted molar refractivity (Wildman–Crippen MR) is 105 cm³/mol. The van der Waals surface area contributed by atoms with Crippen LogP contribution in [0.5, 0.6) is 5.75 Å². The fraction of sp³-hybridized carbons (Fsp3) is 0.474. The maximum atomic E-state index is 12.3. The van der Waals surface area contributed by atoms with Crippen molar-refractivity contribution in [2.24, 2.45) is 5.92 Å². The molecule has 2 aliphatic rings. The number of piperazine rings is 1. The fourth-order valence-electron chi connectivity index (χ4n) is 3.52. The summed E-state index contributed by atoms with van der Waals surface area (Å²) in [6.07, 6.45) is 0.388. The molecule has 1 aromatic heterocycles. The lowest BCUT2D eigenvalue weighted by molar-refractivity contribution is -0.497. The highest BCUT2D eigenvalue weighted by Gasteiger charge is 2.54. The van der Waals surface area contributed by atoms with Crippen LogP contribution in [0.15, 0.2) is 29.6 Å². The summed E-state index contributed by atoms with van der Waals surface area (Å²) < 4.78 is 5.19. The van der Waals surface area contributed by atoms with Gasteiger partial charge in [-0.3, -0.25) is 19.8 Å². The van der Waals surface area contributed by atoms with Crippen LogP contribution in [0.4, 0.5) is 0 Å². The monoisotopic (exact) mass is 402 g/mol. The number of amides is 1. The normalized spacial score (nSPS) is 22.1. The molecule has 2 aromatic rings. The largest absolute Gasteiger partial charge is 0.497 e. The highest BCUT2D eigenvalue weighted by atomic mass is 32.1. The number of methoxy groups -OCH3 is 1. The Hall–Kier alpha value is -2.52. The third-order valence-corrected chi connectivity index (χ3v) is 6.24. The molecule has 2 fully saturated rings. The van der Waals surface area contributed by atoms with E-state index in [0.29, 0.717) is 19.5 Å². The van der Waals surface area contributed by atoms with Gasteiger partial charge in [-0.1, -0.05) is 0 Å². The molecule has 9 heteroatoms. The van der Waals surface area contributed by atoms with Crippen molar-refractivity contribution in [3.05, 3.63) is 45.5 Å². The molecular weight excluding hydrogens is 380 g/mol. The van der Waals surface area contributed by atoms with Gasteiger partial charge in [0.25, 0.3) is 0 Å². The number of carbonyl (C=O) groups excluding carboxylic acids is 1. The second kappa shape index (κ2) is 7.84. The SMILES string of the molecule is COc1ccc(-c2nc(CN3CCN(C(=O)[C@@H]4C[C@@H]4[N+](=O)[O-])CC3)cs2)cc1. The summed E-state index contributed by atoms with van der Waals surface area (Å²) in [5.74, 6) is 0.354. The number of rotatable bonds is 6. The van der Waals surface area contributed by atoms with Crippen LogP contribution in [-0.2, 0) is 11.3 Å². The van der Waals surface area contributed by atoms with E-state index in [0.717, 1.165) is 41.6 Å². The quantitative estimate of drug-likeness (QED) is 0.543. The standard InChI is InChI=1S/C19H22N4O4S/c1-27-15-4-2-13(3-5-15)18-20-14(12-28-18)11-21-6-8-22(9-7-21)19(24)16-10-17(16)23(25)26/h2-5,12,16-17H,6-11H2,1H3/t16-,17+/m1/s1. The average molecular weight is 402 g/mol. The lowest BCUT2D eigenvalue weighted by Gasteiger charge is -2.34. The lowest BCUT2D eigenvalue weighted by Crippen LogP contribution is -2.49. The smallest absolute Gasteiger partial charge is 0.232 e. The second-order valence-electron chi connectivity index (χ2n) is 7.17. The van der Waals surface area contributed by atoms with Crippen molar-refractivity contribution >= 4 is 17.2 Å². The zero-order chi connectivity index (χ0) is 19.7. The van der Waals surface area contributed by atoms with Crippen LogP contribution in [0.1, 0.15) is 12.1 Å². The van der Waals surface area contributed by atoms with E-state index in [1.807, 2.05) is 24.3 Å². The van der Waals surface area contributed by atoms with E-state index in [-0.39, 0.29) is 10.8 Å². The number of hydrogen-bond acceptors (Lipinski definition) is 7. The van der Waals surface area contributed by atoms with Crippen LogP contribution in [-0.4, -0.2) is 64.9 Å². The summed E-state index contributed by atoms with van der Waals surface area (Å²) in [6.45, 7) is 3.51. The van der Waals surface area contributed by atoms with Gasteiger partial charge in [0.2, 0.25) is 11.9 Å². The first-order valence-electron chi connectivity index (χ1n) is 9.28. The predicted octanol–water partition coefficient (Wildman–Crippen LogP) is 2.13. The molecule has 4 rings (SSSR count). The van der Waals surface area contributed by atoms with Gasteiger partial charge >= 0.3 is 0 Å². The summed E-state index contributed by atoms with van der Waals surface area (Å²) in [7, 11) is 1.65. The summed E-state index contributed by atoms with van der Waals surface area (Å²) in [5.41, 5.74) is 2.09. The Kier molecular flexibility index (Phi) is 5.27. The minimum atomic E-state index is -0.670. The highest BCUT2D eigenvalue weighted by Crippen LogP contribution is 2.35. The molecule has 28 heavy (non-hydrogen) atoms. The molecule has 8 nitrogen and oxygen atoms in total. The molecule has 1 aliphatic carbocycles. The molecule has 0 unspecified atom stereocenters. The first-order valence-corrected chi connectivity index (χ1v) is 10.2. The van der Waals surface area contributed by atoms with Gasteiger partial charge in [0, 0.05) is 55.0 Å². The van der Waals surface area contributed by atoms with Crippen molar-refractivity contribution in [1.82, 2.24) is 14.8 Å². The zero-order valence-corrected chi connectivity index (χ0v) is 16.4. The summed E-state index contributed by atoms with van der Waals surface area (Å²) in [6, 6.07) is 7.19. The van der Waals surface area contributed by atoms with Crippen LogP contribution in [0.2, 0.25) is 0 Å². The van der Waals surface area contributed by atoms with Gasteiger partial charge in [-0.2, -0.15) is 0 Å². The second-order valence-corrected chi connectivity index (χ2v) is 8.03. The van der Waals surface area contributed by atoms with E-state index in [4.69, 9.17) is 9.72 Å². The van der Waals surface area contributed by atoms with Crippen molar-refractivity contribution in [1.29, 1.82) is 0 Å². The van der Waals surface area contributed by atoms with E-state index in [1.54, 1.807) is 23.3 Å². The minimum absolute atomic E-state index is 0.0585. The number of thiazole rings is 1. The zero-order valence-electron chi connectivity index (χ0n) is 15.6. The van der Waals surface area contributed by atoms with E-state index < -0.39 is 12.0 Å². The van der Waals surface area contributed by atoms with Gasteiger partial charge in [-0.05, 0) is 24.3 Å². The Morgan fingerprint density at radius 1 is 1.29 bits per heavy atom. The number of ether oxygens (including phenoxy) is 1. The maximum absolute atomic E-state index is 12.3. The van der Waals surface area contributed by atoms with Gasteiger partial charge < -0.3 is 9.64 Å². The van der Waals surface area contributed by atoms with Gasteiger partial charge in [-0.25, -0.2) is 4.98 Å². The lowest BCUT2D eigenvalue weighted by atomic mass is 10.2. The van der Waals surface area contributed by atoms with Gasteiger partial charge in [0.1, 0.15) is 16.7 Å². The molecule has 1 saturated heterocycles. The van der Waals surface area contributed by atoms with Crippen molar-refractivity contribution < 1.29 is 14.5 Å². The molecule has 2 heterocycles. The molecular formula is C19H22N4O4S. The third kappa shape index (κ3) is 4.00. The van der Waals surface area contributed by atoms with E-state index >= 15 is 0 Å². The molecule has 1 amide bonds. The third-order valence-electron chi connectivity index (χ3n) is 5.30. The Bertz CT molecular complexity index is 861. The van der Waals surface area contributed by atoms with Crippen molar-refractivity contribution in [3.63, 3.8) is 0 Å². The summed E-state index contributed by atoms with van der Waals surface area (Å²) in [5, 5.41) is 13.8. The first-order chi connectivity index (χ1) is 13.5. The van der Waals surface area contributed by atoms with Crippen LogP contribution in [0.3, 0.4) is 0 Å². The van der Waals surface area contributed by atoms with Crippen LogP contribution >= 0.6 is 11.3 Å². The van der Waals surface area contributed by atoms with E-state index in [1.165, 1.54) is 0 Å². The molecule has 148 valence electrons. The van der Waals surface area contributed by atoms with Gasteiger partial charge in [-0.15, -0.1) is 11.3 Å². The molecule has 0 radical (unpaired) electrons. The van der Waals surface area contributed by atoms with Crippen molar-refractivity contribution in [2.75, 3.05) is 33.3 Å². The topological polar surface area (TPSA) is 88.8 Å². The van der Waals surface area contributed by atoms with Gasteiger partial charge in [0.15, 0.2) is 0 Å². The molecule has 0 bridgehead atoms. The highest BCUT2D eigenvalue weighted by molar-refractivity contribution is 7.13. The molecule has 1 saturated carbocycles. The van der Waals surface area contributed by atoms with Crippen LogP contribution < -0.4 is 4.74 Å². The van der Waals surface area contributed by atoms with Crippen LogP contribution in [0.25, 0.3) is 10.6 Å². The summed E-state index contributed by atoms with van der Waals surface area (Å²) in [4.78, 5) is 31.5. The number of nitrogens with zero attached hydrogens (tertiary/aromatic N) is 4. The number of nitro groups is 1. The molecule has 1 aromatic carbocycles. The van der Waals surface area contributed by atoms with E-state index in [2.05, 4.69) is 10.3 Å². The van der Waals surface area contributed by atoms with Crippen molar-refractivity contribution in [3.8, 4) is 16.3 Å². The molecule has 2 atom stereocenters. The van der Waals surface area contributed by atoms with Crippen molar-refractivity contribution in [2.45, 2.75) is 19.0 Å². The maximum Gasteiger partial charge on any atom is 0.232 e. The number of hydrogen-bond donors (Lipinski definition) is 0. The minimum Gasteiger partial charge on any atom is -0.497 e. The fourth-order valence-corrected chi connectivity index (χ4v) is 4.33. The molecule has 1 aliphatic heterocycles. The Balaban J connectivity index is 1.29. The Labute approximate surface area is 166 Å². The van der Waals surface area contributed by atoms with E-state index in [9.17, 15) is 14.9 Å². The number of benzene rings is 1. The van der Waals surface area contributed by atoms with Crippen LogP contribution in [0, 0.1) is 16.0 Å². The Morgan fingerprint density at radius 2 is 2.00 bits per heavy atom. The Morgan fingerprint density at radius 3 is 2.61 bits per heavy atom. The number of carbonyl (C=O) groups is 1. The molecule has 0 spiro atoms.